The summed E-state index contributed by atoms with van der Waals surface area (Å²) in [5.74, 6) is 0.121. The molecular weight excluding hydrogens is 390 g/mol. The summed E-state index contributed by atoms with van der Waals surface area (Å²) >= 11 is 2.84. The van der Waals surface area contributed by atoms with Crippen LogP contribution in [-0.4, -0.2) is 31.2 Å². The normalized spacial score (nSPS) is 11.5. The number of aryl methyl sites for hydroxylation is 1. The number of thiazole rings is 1. The number of hydrogen-bond acceptors (Lipinski definition) is 6. The first-order valence-electron chi connectivity index (χ1n) is 8.71. The van der Waals surface area contributed by atoms with Crippen LogP contribution < -0.4 is 5.32 Å². The van der Waals surface area contributed by atoms with E-state index in [1.165, 1.54) is 23.1 Å². The van der Waals surface area contributed by atoms with Crippen LogP contribution in [0.3, 0.4) is 0 Å². The lowest BCUT2D eigenvalue weighted by Gasteiger charge is -2.07. The predicted octanol–water partition coefficient (Wildman–Crippen LogP) is 4.53. The SMILES string of the molecule is Cc1cc2nnc(SCC(=O)Nc3nc4ccccc4s3)n2c2ccccc12. The highest BCUT2D eigenvalue weighted by Crippen LogP contribution is 2.27. The van der Waals surface area contributed by atoms with Gasteiger partial charge in [0.25, 0.3) is 0 Å². The molecule has 0 fully saturated rings. The molecule has 138 valence electrons. The van der Waals surface area contributed by atoms with Gasteiger partial charge in [-0.1, -0.05) is 53.4 Å². The zero-order chi connectivity index (χ0) is 19.1. The number of fused-ring (bicyclic) bond motifs is 4. The van der Waals surface area contributed by atoms with Crippen LogP contribution in [0.5, 0.6) is 0 Å². The molecule has 0 atom stereocenters. The minimum absolute atomic E-state index is 0.114. The van der Waals surface area contributed by atoms with Crippen LogP contribution in [0.4, 0.5) is 5.13 Å². The number of nitrogens with zero attached hydrogens (tertiary/aromatic N) is 4. The monoisotopic (exact) mass is 405 g/mol. The number of amides is 1. The number of thioether (sulfide) groups is 1. The van der Waals surface area contributed by atoms with Crippen LogP contribution in [0.2, 0.25) is 0 Å². The summed E-state index contributed by atoms with van der Waals surface area (Å²) in [6.45, 7) is 2.06. The number of aromatic nitrogens is 4. The smallest absolute Gasteiger partial charge is 0.236 e. The van der Waals surface area contributed by atoms with Gasteiger partial charge in [-0.15, -0.1) is 10.2 Å². The topological polar surface area (TPSA) is 72.2 Å². The van der Waals surface area contributed by atoms with Crippen LogP contribution in [-0.2, 0) is 4.79 Å². The Hall–Kier alpha value is -2.97. The summed E-state index contributed by atoms with van der Waals surface area (Å²) in [5, 5.41) is 13.9. The van der Waals surface area contributed by atoms with E-state index in [0.29, 0.717) is 10.3 Å². The molecule has 3 heterocycles. The van der Waals surface area contributed by atoms with Crippen molar-refractivity contribution in [1.82, 2.24) is 19.6 Å². The summed E-state index contributed by atoms with van der Waals surface area (Å²) in [4.78, 5) is 16.9. The van der Waals surface area contributed by atoms with E-state index in [2.05, 4.69) is 33.5 Å². The third-order valence-electron chi connectivity index (χ3n) is 4.45. The van der Waals surface area contributed by atoms with Gasteiger partial charge in [0.1, 0.15) is 0 Å². The van der Waals surface area contributed by atoms with Crippen LogP contribution in [0, 0.1) is 6.92 Å². The van der Waals surface area contributed by atoms with Crippen LogP contribution >= 0.6 is 23.1 Å². The largest absolute Gasteiger partial charge is 0.301 e. The third-order valence-corrected chi connectivity index (χ3v) is 6.33. The molecule has 8 heteroatoms. The molecule has 0 unspecified atom stereocenters. The number of hydrogen-bond donors (Lipinski definition) is 1. The molecule has 2 aromatic carbocycles. The average molecular weight is 406 g/mol. The molecule has 1 amide bonds. The highest BCUT2D eigenvalue weighted by Gasteiger charge is 2.14. The Bertz CT molecular complexity index is 1310. The highest BCUT2D eigenvalue weighted by molar-refractivity contribution is 7.99. The summed E-state index contributed by atoms with van der Waals surface area (Å²) < 4.78 is 3.05. The van der Waals surface area contributed by atoms with Gasteiger partial charge in [0.15, 0.2) is 15.9 Å². The Morgan fingerprint density at radius 1 is 1.14 bits per heavy atom. The molecule has 28 heavy (non-hydrogen) atoms. The molecule has 0 saturated carbocycles. The third kappa shape index (κ3) is 3.00. The minimum atomic E-state index is -0.114. The number of carbonyl (C=O) groups excluding carboxylic acids is 1. The molecule has 0 aliphatic heterocycles. The molecule has 3 aromatic heterocycles. The molecule has 6 nitrogen and oxygen atoms in total. The number of para-hydroxylation sites is 2. The molecule has 5 rings (SSSR count). The molecule has 0 aliphatic carbocycles. The lowest BCUT2D eigenvalue weighted by atomic mass is 10.1. The van der Waals surface area contributed by atoms with E-state index in [9.17, 15) is 4.79 Å². The van der Waals surface area contributed by atoms with E-state index in [0.717, 1.165) is 32.3 Å². The standard InChI is InChI=1S/C20H15N5OS2/c1-12-10-17-23-24-20(25(17)15-8-4-2-6-13(12)15)27-11-18(26)22-19-21-14-7-3-5-9-16(14)28-19/h2-10H,11H2,1H3,(H,21,22,26). The number of benzene rings is 2. The maximum absolute atomic E-state index is 12.4. The zero-order valence-corrected chi connectivity index (χ0v) is 16.5. The van der Waals surface area contributed by atoms with Gasteiger partial charge in [-0.2, -0.15) is 0 Å². The van der Waals surface area contributed by atoms with Crippen molar-refractivity contribution < 1.29 is 4.79 Å². The van der Waals surface area contributed by atoms with Gasteiger partial charge in [0, 0.05) is 5.39 Å². The van der Waals surface area contributed by atoms with E-state index in [-0.39, 0.29) is 11.7 Å². The minimum Gasteiger partial charge on any atom is -0.301 e. The van der Waals surface area contributed by atoms with Gasteiger partial charge in [-0.3, -0.25) is 9.20 Å². The van der Waals surface area contributed by atoms with Crippen molar-refractivity contribution in [1.29, 1.82) is 0 Å². The molecule has 1 N–H and O–H groups in total. The lowest BCUT2D eigenvalue weighted by Crippen LogP contribution is -2.14. The Labute approximate surface area is 168 Å². The van der Waals surface area contributed by atoms with Gasteiger partial charge in [0.2, 0.25) is 5.91 Å². The number of nitrogens with one attached hydrogen (secondary N) is 1. The summed E-state index contributed by atoms with van der Waals surface area (Å²) in [5.41, 5.74) is 3.86. The van der Waals surface area contributed by atoms with Gasteiger partial charge in [0.05, 0.1) is 21.5 Å². The van der Waals surface area contributed by atoms with Crippen LogP contribution in [0.1, 0.15) is 5.56 Å². The van der Waals surface area contributed by atoms with E-state index >= 15 is 0 Å². The summed E-state index contributed by atoms with van der Waals surface area (Å²) in [7, 11) is 0. The Morgan fingerprint density at radius 3 is 2.86 bits per heavy atom. The van der Waals surface area contributed by atoms with Crippen molar-refractivity contribution in [3.63, 3.8) is 0 Å². The molecule has 5 aromatic rings. The maximum atomic E-state index is 12.4. The quantitative estimate of drug-likeness (QED) is 0.445. The number of anilines is 1. The van der Waals surface area contributed by atoms with Crippen molar-refractivity contribution in [2.75, 3.05) is 11.1 Å². The van der Waals surface area contributed by atoms with Crippen LogP contribution in [0.25, 0.3) is 26.8 Å². The first kappa shape index (κ1) is 17.2. The van der Waals surface area contributed by atoms with Crippen LogP contribution in [0.15, 0.2) is 59.8 Å². The second-order valence-electron chi connectivity index (χ2n) is 6.34. The fourth-order valence-corrected chi connectivity index (χ4v) is 4.81. The molecule has 0 bridgehead atoms. The predicted molar refractivity (Wildman–Crippen MR) is 114 cm³/mol. The van der Waals surface area contributed by atoms with Crippen molar-refractivity contribution in [2.45, 2.75) is 12.1 Å². The van der Waals surface area contributed by atoms with Gasteiger partial charge in [-0.05, 0) is 36.8 Å². The van der Waals surface area contributed by atoms with Crippen molar-refractivity contribution in [3.05, 3.63) is 60.2 Å². The Morgan fingerprint density at radius 2 is 1.96 bits per heavy atom. The maximum Gasteiger partial charge on any atom is 0.236 e. The van der Waals surface area contributed by atoms with Gasteiger partial charge < -0.3 is 5.32 Å². The van der Waals surface area contributed by atoms with Gasteiger partial charge >= 0.3 is 0 Å². The first-order valence-corrected chi connectivity index (χ1v) is 10.5. The van der Waals surface area contributed by atoms with E-state index in [4.69, 9.17) is 0 Å². The summed E-state index contributed by atoms with van der Waals surface area (Å²) in [6, 6.07) is 18.0. The molecular formula is C20H15N5OS2. The first-order chi connectivity index (χ1) is 13.7. The molecule has 0 radical (unpaired) electrons. The molecule has 0 saturated heterocycles. The second-order valence-corrected chi connectivity index (χ2v) is 8.32. The average Bonchev–Trinajstić information content (AvgIpc) is 3.30. The number of rotatable bonds is 4. The fourth-order valence-electron chi connectivity index (χ4n) is 3.18. The highest BCUT2D eigenvalue weighted by atomic mass is 32.2. The second kappa shape index (κ2) is 6.88. The Kier molecular flexibility index (Phi) is 4.22. The van der Waals surface area contributed by atoms with Crippen molar-refractivity contribution in [2.24, 2.45) is 0 Å². The fraction of sp³-hybridized carbons (Fsp3) is 0.100. The zero-order valence-electron chi connectivity index (χ0n) is 14.9. The lowest BCUT2D eigenvalue weighted by molar-refractivity contribution is -0.113. The number of pyridine rings is 1. The Balaban J connectivity index is 1.38. The van der Waals surface area contributed by atoms with E-state index in [1.54, 1.807) is 0 Å². The van der Waals surface area contributed by atoms with E-state index < -0.39 is 0 Å². The van der Waals surface area contributed by atoms with E-state index in [1.807, 2.05) is 52.9 Å². The molecule has 0 spiro atoms. The van der Waals surface area contributed by atoms with Gasteiger partial charge in [-0.25, -0.2) is 4.98 Å². The van der Waals surface area contributed by atoms with Crippen molar-refractivity contribution in [3.8, 4) is 0 Å². The summed E-state index contributed by atoms with van der Waals surface area (Å²) in [6.07, 6.45) is 0. The molecule has 0 aliphatic rings. The number of carbonyl (C=O) groups is 1. The van der Waals surface area contributed by atoms with Crippen molar-refractivity contribution >= 4 is 60.9 Å².